The third kappa shape index (κ3) is 7.86. The molecule has 1 fully saturated rings. The van der Waals surface area contributed by atoms with Crippen molar-refractivity contribution < 1.29 is 44.1 Å². The van der Waals surface area contributed by atoms with E-state index in [9.17, 15) is 18.3 Å². The molecule has 37 heavy (non-hydrogen) atoms. The Labute approximate surface area is 231 Å². The fourth-order valence-corrected chi connectivity index (χ4v) is 4.63. The van der Waals surface area contributed by atoms with Gasteiger partial charge in [0.2, 0.25) is 0 Å². The molecule has 0 radical (unpaired) electrons. The summed E-state index contributed by atoms with van der Waals surface area (Å²) in [5.74, 6) is 0.771. The number of benzene rings is 2. The number of phenolic OH excluding ortho intramolecular Hbond substituents is 1. The Morgan fingerprint density at radius 1 is 1.16 bits per heavy atom. The number of anilines is 1. The van der Waals surface area contributed by atoms with Crippen molar-refractivity contribution in [2.45, 2.75) is 46.0 Å². The van der Waals surface area contributed by atoms with Crippen LogP contribution in [0, 0.1) is 6.92 Å². The molecule has 3 aromatic rings. The average Bonchev–Trinajstić information content (AvgIpc) is 3.33. The number of hydrogen-bond donors (Lipinski definition) is 3. The van der Waals surface area contributed by atoms with Crippen LogP contribution in [0.25, 0.3) is 17.1 Å². The van der Waals surface area contributed by atoms with Gasteiger partial charge < -0.3 is 26.7 Å². The first kappa shape index (κ1) is 32.8. The number of hydrogen-bond acceptors (Lipinski definition) is 5. The van der Waals surface area contributed by atoms with Gasteiger partial charge in [-0.3, -0.25) is 9.80 Å². The number of aromatic hydroxyl groups is 1. The van der Waals surface area contributed by atoms with Gasteiger partial charge in [0.05, 0.1) is 19.2 Å². The van der Waals surface area contributed by atoms with Crippen molar-refractivity contribution in [3.05, 3.63) is 59.4 Å². The molecule has 7 nitrogen and oxygen atoms in total. The van der Waals surface area contributed by atoms with Crippen molar-refractivity contribution in [2.24, 2.45) is 0 Å². The number of H-pyrrole nitrogens is 1. The summed E-state index contributed by atoms with van der Waals surface area (Å²) >= 11 is 0. The maximum atomic E-state index is 12.8. The zero-order chi connectivity index (χ0) is 25.8. The third-order valence-corrected chi connectivity index (χ3v) is 6.42. The number of aromatic nitrogens is 1. The number of nitrogen functional groups attached to an aromatic ring is 1. The van der Waals surface area contributed by atoms with Crippen molar-refractivity contribution >= 4 is 16.6 Å². The molecular formula is C26H37F3N5O2W-. The molecule has 11 heteroatoms. The third-order valence-electron chi connectivity index (χ3n) is 6.42. The summed E-state index contributed by atoms with van der Waals surface area (Å²) in [7, 11) is 1.64. The van der Waals surface area contributed by atoms with Gasteiger partial charge in [-0.1, -0.05) is 19.9 Å². The number of aryl methyl sites for hydroxylation is 1. The second kappa shape index (κ2) is 14.0. The molecule has 1 aromatic heterocycles. The first-order chi connectivity index (χ1) is 16.7. The first-order valence-electron chi connectivity index (χ1n) is 11.9. The fourth-order valence-electron chi connectivity index (χ4n) is 4.63. The Morgan fingerprint density at radius 2 is 1.86 bits per heavy atom. The smallest absolute Gasteiger partial charge is 0.390 e. The van der Waals surface area contributed by atoms with E-state index >= 15 is 0 Å². The van der Waals surface area contributed by atoms with Gasteiger partial charge in [-0.15, -0.1) is 0 Å². The zero-order valence-electron chi connectivity index (χ0n) is 21.7. The van der Waals surface area contributed by atoms with Crippen LogP contribution in [0.15, 0.2) is 36.5 Å². The second-order valence-corrected chi connectivity index (χ2v) is 8.61. The van der Waals surface area contributed by atoms with E-state index in [4.69, 9.17) is 10.5 Å². The van der Waals surface area contributed by atoms with Crippen LogP contribution >= 0.6 is 0 Å². The molecule has 0 saturated carbocycles. The molecule has 0 bridgehead atoms. The molecule has 1 aliphatic heterocycles. The second-order valence-electron chi connectivity index (χ2n) is 8.61. The molecule has 206 valence electrons. The van der Waals surface area contributed by atoms with Crippen LogP contribution in [0.2, 0.25) is 0 Å². The Hall–Kier alpha value is -2.26. The van der Waals surface area contributed by atoms with Crippen molar-refractivity contribution in [1.82, 2.24) is 14.8 Å². The molecule has 1 aliphatic rings. The van der Waals surface area contributed by atoms with E-state index in [1.54, 1.807) is 19.2 Å². The standard InChI is InChI=1S/C24H29F3N4O2.C2H6.H2N.W/c1-15-11-22(33-2)18(17-5-7-29-23(15)17)13-31-10-9-30(8-6-24(25,26)27)14-20(31)16-3-4-21(32)19(28)12-16;1-2;;/h3-5,7,11-12,20,29,32H,6,8-10,13-14,28H2,1-2H3;1-2H3;1H2;/q;;-1;. The number of ether oxygens (including phenoxy) is 1. The quantitative estimate of drug-likeness (QED) is 0.207. The maximum Gasteiger partial charge on any atom is 0.390 e. The molecule has 0 spiro atoms. The molecule has 2 heterocycles. The zero-order valence-corrected chi connectivity index (χ0v) is 24.7. The van der Waals surface area contributed by atoms with Gasteiger partial charge in [-0.05, 0) is 42.3 Å². The summed E-state index contributed by atoms with van der Waals surface area (Å²) in [6, 6.07) is 8.87. The predicted octanol–water partition coefficient (Wildman–Crippen LogP) is 6.32. The van der Waals surface area contributed by atoms with Crippen LogP contribution in [0.4, 0.5) is 18.9 Å². The normalized spacial score (nSPS) is 16.4. The monoisotopic (exact) mass is 692 g/mol. The van der Waals surface area contributed by atoms with Crippen LogP contribution in [-0.2, 0) is 27.6 Å². The molecule has 0 amide bonds. The van der Waals surface area contributed by atoms with Gasteiger partial charge in [0.15, 0.2) is 0 Å². The van der Waals surface area contributed by atoms with Crippen molar-refractivity contribution in [2.75, 3.05) is 39.0 Å². The van der Waals surface area contributed by atoms with Crippen molar-refractivity contribution in [3.8, 4) is 11.5 Å². The van der Waals surface area contributed by atoms with Crippen LogP contribution in [0.1, 0.15) is 43.0 Å². The SMILES string of the molecule is CC.COc1cc(C)c2[nH]ccc2c1CN1CCN(CCC(F)(F)F)CC1c1ccc(O)c(N)c1.[NH2-].[W]. The van der Waals surface area contributed by atoms with E-state index in [2.05, 4.69) is 9.88 Å². The van der Waals surface area contributed by atoms with E-state index in [1.165, 1.54) is 6.07 Å². The van der Waals surface area contributed by atoms with Crippen LogP contribution < -0.4 is 10.5 Å². The summed E-state index contributed by atoms with van der Waals surface area (Å²) in [5, 5.41) is 10.9. The van der Waals surface area contributed by atoms with Crippen LogP contribution in [-0.4, -0.2) is 59.4 Å². The Bertz CT molecular complexity index is 1140. The van der Waals surface area contributed by atoms with E-state index in [0.29, 0.717) is 26.2 Å². The molecule has 1 saturated heterocycles. The number of rotatable bonds is 6. The summed E-state index contributed by atoms with van der Waals surface area (Å²) in [4.78, 5) is 7.37. The number of nitrogens with one attached hydrogen (secondary N) is 1. The Morgan fingerprint density at radius 3 is 2.49 bits per heavy atom. The minimum Gasteiger partial charge on any atom is -0.693 e. The minimum absolute atomic E-state index is 0. The first-order valence-corrected chi connectivity index (χ1v) is 11.9. The average molecular weight is 692 g/mol. The largest absolute Gasteiger partial charge is 0.693 e. The number of nitrogens with two attached hydrogens (primary N) is 2. The number of aromatic amines is 1. The fraction of sp³-hybridized carbons (Fsp3) is 0.462. The van der Waals surface area contributed by atoms with Gasteiger partial charge in [0.1, 0.15) is 11.5 Å². The number of halogens is 3. The van der Waals surface area contributed by atoms with Gasteiger partial charge in [-0.25, -0.2) is 0 Å². The number of methoxy groups -OCH3 is 1. The number of piperazine rings is 1. The number of fused-ring (bicyclic) bond motifs is 1. The topological polar surface area (TPSA) is 111 Å². The Kier molecular flexibility index (Phi) is 12.4. The molecule has 1 atom stereocenters. The van der Waals surface area contributed by atoms with Crippen LogP contribution in [0.3, 0.4) is 0 Å². The van der Waals surface area contributed by atoms with Gasteiger partial charge in [0.25, 0.3) is 0 Å². The van der Waals surface area contributed by atoms with E-state index in [-0.39, 0.29) is 51.2 Å². The van der Waals surface area contributed by atoms with E-state index in [0.717, 1.165) is 33.3 Å². The number of phenols is 1. The maximum absolute atomic E-state index is 12.8. The molecule has 6 N–H and O–H groups in total. The molecule has 0 aliphatic carbocycles. The van der Waals surface area contributed by atoms with Crippen LogP contribution in [0.5, 0.6) is 11.5 Å². The Balaban J connectivity index is 0.00000167. The summed E-state index contributed by atoms with van der Waals surface area (Å²) in [6.07, 6.45) is -3.13. The molecule has 1 unspecified atom stereocenters. The summed E-state index contributed by atoms with van der Waals surface area (Å²) < 4.78 is 44.2. The summed E-state index contributed by atoms with van der Waals surface area (Å²) in [6.45, 7) is 8.10. The van der Waals surface area contributed by atoms with Crippen molar-refractivity contribution in [1.29, 1.82) is 0 Å². The van der Waals surface area contributed by atoms with E-state index in [1.807, 2.05) is 44.0 Å². The molecule has 2 aromatic carbocycles. The number of nitrogens with zero attached hydrogens (tertiary/aromatic N) is 2. The number of alkyl halides is 3. The van der Waals surface area contributed by atoms with Crippen molar-refractivity contribution in [3.63, 3.8) is 0 Å². The minimum atomic E-state index is -4.19. The predicted molar refractivity (Wildman–Crippen MR) is 139 cm³/mol. The van der Waals surface area contributed by atoms with Gasteiger partial charge >= 0.3 is 6.18 Å². The van der Waals surface area contributed by atoms with Gasteiger partial charge in [-0.2, -0.15) is 13.2 Å². The van der Waals surface area contributed by atoms with Gasteiger partial charge in [0, 0.05) is 82.5 Å². The molecule has 4 rings (SSSR count). The molecular weight excluding hydrogens is 655 g/mol. The van der Waals surface area contributed by atoms with E-state index < -0.39 is 12.6 Å². The summed E-state index contributed by atoms with van der Waals surface area (Å²) in [5.41, 5.74) is 10.2.